The number of aromatic nitrogens is 2. The highest BCUT2D eigenvalue weighted by atomic mass is 16.5. The second kappa shape index (κ2) is 6.01. The molecule has 6 nitrogen and oxygen atoms in total. The summed E-state index contributed by atoms with van der Waals surface area (Å²) in [7, 11) is 1.53. The summed E-state index contributed by atoms with van der Waals surface area (Å²) in [5, 5.41) is 2.70. The van der Waals surface area contributed by atoms with Gasteiger partial charge in [0, 0.05) is 11.8 Å². The second-order valence-corrected chi connectivity index (χ2v) is 4.24. The summed E-state index contributed by atoms with van der Waals surface area (Å²) in [6.07, 6.45) is 1.36. The quantitative estimate of drug-likeness (QED) is 0.908. The third-order valence-corrected chi connectivity index (χ3v) is 2.71. The van der Waals surface area contributed by atoms with Crippen LogP contribution in [0.2, 0.25) is 0 Å². The van der Waals surface area contributed by atoms with Gasteiger partial charge in [-0.15, -0.1) is 0 Å². The number of nitrogens with one attached hydrogen (secondary N) is 1. The number of anilines is 1. The van der Waals surface area contributed by atoms with Gasteiger partial charge >= 0.3 is 0 Å². The average Bonchev–Trinajstić information content (AvgIpc) is 2.42. The monoisotopic (exact) mass is 273 g/mol. The van der Waals surface area contributed by atoms with E-state index in [0.29, 0.717) is 17.1 Å². The minimum Gasteiger partial charge on any atom is -0.495 e. The van der Waals surface area contributed by atoms with Crippen LogP contribution in [0.3, 0.4) is 0 Å². The lowest BCUT2D eigenvalue weighted by Gasteiger charge is -2.10. The van der Waals surface area contributed by atoms with Crippen LogP contribution in [0.4, 0.5) is 5.69 Å². The highest BCUT2D eigenvalue weighted by molar-refractivity contribution is 5.92. The van der Waals surface area contributed by atoms with Crippen LogP contribution in [-0.2, 0) is 11.3 Å². The van der Waals surface area contributed by atoms with Crippen molar-refractivity contribution in [3.63, 3.8) is 0 Å². The lowest BCUT2D eigenvalue weighted by Crippen LogP contribution is -2.27. The average molecular weight is 273 g/mol. The molecule has 6 heteroatoms. The van der Waals surface area contributed by atoms with Crippen LogP contribution < -0.4 is 15.6 Å². The van der Waals surface area contributed by atoms with Gasteiger partial charge in [-0.1, -0.05) is 12.1 Å². The van der Waals surface area contributed by atoms with Crippen LogP contribution in [-0.4, -0.2) is 22.6 Å². The molecule has 0 unspecified atom stereocenters. The second-order valence-electron chi connectivity index (χ2n) is 4.24. The molecule has 1 aromatic carbocycles. The van der Waals surface area contributed by atoms with Crippen molar-refractivity contribution in [2.75, 3.05) is 12.4 Å². The largest absolute Gasteiger partial charge is 0.495 e. The van der Waals surface area contributed by atoms with E-state index in [1.165, 1.54) is 24.1 Å². The maximum absolute atomic E-state index is 11.9. The van der Waals surface area contributed by atoms with E-state index in [0.717, 1.165) is 0 Å². The summed E-state index contributed by atoms with van der Waals surface area (Å²) in [4.78, 5) is 27.6. The van der Waals surface area contributed by atoms with Gasteiger partial charge in [0.1, 0.15) is 12.3 Å². The van der Waals surface area contributed by atoms with Gasteiger partial charge in [-0.2, -0.15) is 0 Å². The van der Waals surface area contributed by atoms with Crippen molar-refractivity contribution in [3.8, 4) is 5.75 Å². The summed E-state index contributed by atoms with van der Waals surface area (Å²) in [5.41, 5.74) is 0.928. The van der Waals surface area contributed by atoms with Crippen molar-refractivity contribution in [2.45, 2.75) is 13.5 Å². The Labute approximate surface area is 116 Å². The lowest BCUT2D eigenvalue weighted by molar-refractivity contribution is -0.116. The number of para-hydroxylation sites is 2. The number of carbonyl (C=O) groups is 1. The van der Waals surface area contributed by atoms with E-state index in [2.05, 4.69) is 10.3 Å². The van der Waals surface area contributed by atoms with E-state index in [1.807, 2.05) is 6.07 Å². The van der Waals surface area contributed by atoms with E-state index < -0.39 is 0 Å². The summed E-state index contributed by atoms with van der Waals surface area (Å²) in [6, 6.07) is 8.46. The van der Waals surface area contributed by atoms with E-state index in [9.17, 15) is 9.59 Å². The Balaban J connectivity index is 2.11. The van der Waals surface area contributed by atoms with Crippen LogP contribution in [0.5, 0.6) is 5.75 Å². The highest BCUT2D eigenvalue weighted by Gasteiger charge is 2.08. The number of benzene rings is 1. The van der Waals surface area contributed by atoms with Crippen LogP contribution in [0.1, 0.15) is 5.69 Å². The summed E-state index contributed by atoms with van der Waals surface area (Å²) in [6.45, 7) is 1.63. The van der Waals surface area contributed by atoms with Crippen molar-refractivity contribution in [1.82, 2.24) is 9.55 Å². The maximum atomic E-state index is 11.9. The molecule has 0 aliphatic heterocycles. The third-order valence-electron chi connectivity index (χ3n) is 2.71. The number of hydrogen-bond acceptors (Lipinski definition) is 4. The van der Waals surface area contributed by atoms with Crippen molar-refractivity contribution in [2.24, 2.45) is 0 Å². The summed E-state index contributed by atoms with van der Waals surface area (Å²) >= 11 is 0. The number of ether oxygens (including phenoxy) is 1. The molecule has 0 spiro atoms. The molecule has 104 valence electrons. The third kappa shape index (κ3) is 3.23. The van der Waals surface area contributed by atoms with Gasteiger partial charge in [0.2, 0.25) is 5.91 Å². The number of aryl methyl sites for hydroxylation is 1. The molecule has 0 aliphatic rings. The molecule has 2 rings (SSSR count). The zero-order valence-corrected chi connectivity index (χ0v) is 11.3. The number of amides is 1. The first-order valence-electron chi connectivity index (χ1n) is 6.06. The van der Waals surface area contributed by atoms with Crippen molar-refractivity contribution < 1.29 is 9.53 Å². The fourth-order valence-corrected chi connectivity index (χ4v) is 1.73. The fourth-order valence-electron chi connectivity index (χ4n) is 1.73. The molecule has 0 aliphatic carbocycles. The predicted octanol–water partition coefficient (Wildman–Crippen LogP) is 1.20. The van der Waals surface area contributed by atoms with E-state index in [-0.39, 0.29) is 18.0 Å². The Morgan fingerprint density at radius 1 is 1.40 bits per heavy atom. The number of carbonyl (C=O) groups excluding carboxylic acids is 1. The van der Waals surface area contributed by atoms with Gasteiger partial charge in [-0.05, 0) is 19.1 Å². The van der Waals surface area contributed by atoms with Gasteiger partial charge in [0.25, 0.3) is 5.56 Å². The van der Waals surface area contributed by atoms with Gasteiger partial charge in [-0.3, -0.25) is 14.2 Å². The number of rotatable bonds is 4. The van der Waals surface area contributed by atoms with E-state index in [1.54, 1.807) is 25.1 Å². The topological polar surface area (TPSA) is 73.2 Å². The van der Waals surface area contributed by atoms with Crippen LogP contribution in [0.15, 0.2) is 41.5 Å². The zero-order chi connectivity index (χ0) is 14.5. The van der Waals surface area contributed by atoms with Crippen LogP contribution >= 0.6 is 0 Å². The minimum atomic E-state index is -0.317. The molecule has 1 N–H and O–H groups in total. The molecule has 0 atom stereocenters. The normalized spacial score (nSPS) is 10.1. The first-order chi connectivity index (χ1) is 9.60. The Bertz CT molecular complexity index is 679. The Morgan fingerprint density at radius 3 is 2.85 bits per heavy atom. The first kappa shape index (κ1) is 13.8. The van der Waals surface area contributed by atoms with Crippen molar-refractivity contribution >= 4 is 11.6 Å². The molecule has 0 saturated carbocycles. The van der Waals surface area contributed by atoms with Gasteiger partial charge < -0.3 is 10.1 Å². The van der Waals surface area contributed by atoms with Gasteiger partial charge in [-0.25, -0.2) is 4.98 Å². The Kier molecular flexibility index (Phi) is 4.14. The molecule has 1 amide bonds. The Hall–Kier alpha value is -2.63. The highest BCUT2D eigenvalue weighted by Crippen LogP contribution is 2.22. The predicted molar refractivity (Wildman–Crippen MR) is 74.9 cm³/mol. The molecule has 1 aromatic heterocycles. The number of methoxy groups -OCH3 is 1. The molecule has 20 heavy (non-hydrogen) atoms. The number of hydrogen-bond donors (Lipinski definition) is 1. The first-order valence-corrected chi connectivity index (χ1v) is 6.06. The Morgan fingerprint density at radius 2 is 2.15 bits per heavy atom. The molecule has 0 fully saturated rings. The molecular formula is C14H15N3O3. The summed E-state index contributed by atoms with van der Waals surface area (Å²) in [5.74, 6) is 0.248. The number of nitrogens with zero attached hydrogens (tertiary/aromatic N) is 2. The maximum Gasteiger partial charge on any atom is 0.253 e. The lowest BCUT2D eigenvalue weighted by atomic mass is 10.3. The van der Waals surface area contributed by atoms with Gasteiger partial charge in [0.15, 0.2) is 0 Å². The molecule has 0 saturated heterocycles. The molecular weight excluding hydrogens is 258 g/mol. The van der Waals surface area contributed by atoms with Crippen LogP contribution in [0, 0.1) is 6.92 Å². The fraction of sp³-hybridized carbons (Fsp3) is 0.214. The van der Waals surface area contributed by atoms with Crippen molar-refractivity contribution in [1.29, 1.82) is 0 Å². The van der Waals surface area contributed by atoms with E-state index >= 15 is 0 Å². The van der Waals surface area contributed by atoms with Crippen molar-refractivity contribution in [3.05, 3.63) is 52.7 Å². The molecule has 0 radical (unpaired) electrons. The van der Waals surface area contributed by atoms with E-state index in [4.69, 9.17) is 4.74 Å². The smallest absolute Gasteiger partial charge is 0.253 e. The van der Waals surface area contributed by atoms with Gasteiger partial charge in [0.05, 0.1) is 19.1 Å². The standard InChI is InChI=1S/C14H15N3O3/c1-10-7-14(19)17(9-15-10)8-13(18)16-11-5-3-4-6-12(11)20-2/h3-7,9H,8H2,1-2H3,(H,16,18). The summed E-state index contributed by atoms with van der Waals surface area (Å²) < 4.78 is 6.39. The molecule has 0 bridgehead atoms. The zero-order valence-electron chi connectivity index (χ0n) is 11.3. The minimum absolute atomic E-state index is 0.0931. The molecule has 2 aromatic rings. The SMILES string of the molecule is COc1ccccc1NC(=O)Cn1cnc(C)cc1=O. The van der Waals surface area contributed by atoms with Crippen LogP contribution in [0.25, 0.3) is 0 Å². The molecule has 1 heterocycles.